The predicted molar refractivity (Wildman–Crippen MR) is 112 cm³/mol. The van der Waals surface area contributed by atoms with Gasteiger partial charge in [-0.25, -0.2) is 4.39 Å². The van der Waals surface area contributed by atoms with Crippen LogP contribution in [0, 0.1) is 5.82 Å². The number of halogens is 1. The number of benzene rings is 3. The van der Waals surface area contributed by atoms with Crippen LogP contribution in [0.1, 0.15) is 21.5 Å². The van der Waals surface area contributed by atoms with Crippen molar-refractivity contribution in [3.63, 3.8) is 0 Å². The van der Waals surface area contributed by atoms with Crippen LogP contribution in [0.15, 0.2) is 77.7 Å². The summed E-state index contributed by atoms with van der Waals surface area (Å²) in [6, 6.07) is 21.4. The van der Waals surface area contributed by atoms with Crippen LogP contribution in [0.5, 0.6) is 0 Å². The lowest BCUT2D eigenvalue weighted by Crippen LogP contribution is -2.35. The van der Waals surface area contributed by atoms with Crippen LogP contribution < -0.4 is 10.2 Å². The molecule has 3 aromatic rings. The van der Waals surface area contributed by atoms with Crippen LogP contribution >= 0.6 is 11.8 Å². The zero-order valence-electron chi connectivity index (χ0n) is 15.6. The number of carbonyl (C=O) groups is 2. The molecule has 0 radical (unpaired) electrons. The average molecular weight is 406 g/mol. The van der Waals surface area contributed by atoms with Gasteiger partial charge in [0.15, 0.2) is 0 Å². The van der Waals surface area contributed by atoms with Crippen LogP contribution in [-0.2, 0) is 17.9 Å². The van der Waals surface area contributed by atoms with E-state index in [4.69, 9.17) is 0 Å². The molecule has 1 heterocycles. The molecular weight excluding hydrogens is 387 g/mol. The second kappa shape index (κ2) is 8.49. The van der Waals surface area contributed by atoms with Crippen molar-refractivity contribution in [1.82, 2.24) is 5.32 Å². The Morgan fingerprint density at radius 2 is 1.79 bits per heavy atom. The molecule has 0 saturated carbocycles. The highest BCUT2D eigenvalue weighted by atomic mass is 32.2. The van der Waals surface area contributed by atoms with E-state index < -0.39 is 0 Å². The molecule has 0 saturated heterocycles. The molecule has 0 atom stereocenters. The van der Waals surface area contributed by atoms with Gasteiger partial charge in [-0.15, -0.1) is 11.8 Å². The summed E-state index contributed by atoms with van der Waals surface area (Å²) >= 11 is 1.43. The van der Waals surface area contributed by atoms with E-state index in [9.17, 15) is 14.0 Å². The maximum atomic E-state index is 14.1. The first kappa shape index (κ1) is 19.2. The molecule has 0 unspecified atom stereocenters. The van der Waals surface area contributed by atoms with E-state index in [0.717, 1.165) is 10.5 Å². The fourth-order valence-electron chi connectivity index (χ4n) is 3.19. The van der Waals surface area contributed by atoms with Gasteiger partial charge in [-0.05, 0) is 29.8 Å². The summed E-state index contributed by atoms with van der Waals surface area (Å²) in [4.78, 5) is 27.6. The highest BCUT2D eigenvalue weighted by molar-refractivity contribution is 8.00. The maximum absolute atomic E-state index is 14.1. The Labute approximate surface area is 172 Å². The first-order valence-corrected chi connectivity index (χ1v) is 10.2. The number of thioether (sulfide) groups is 1. The van der Waals surface area contributed by atoms with Gasteiger partial charge in [-0.1, -0.05) is 48.5 Å². The number of anilines is 1. The quantitative estimate of drug-likeness (QED) is 0.684. The number of nitrogens with zero attached hydrogens (tertiary/aromatic N) is 1. The van der Waals surface area contributed by atoms with Gasteiger partial charge in [0.25, 0.3) is 5.91 Å². The van der Waals surface area contributed by atoms with Crippen molar-refractivity contribution >= 4 is 29.3 Å². The summed E-state index contributed by atoms with van der Waals surface area (Å²) in [5.41, 5.74) is 2.55. The SMILES string of the molecule is O=C(NCc1ccccc1)c1ccc2c(c1)N(Cc1ccccc1F)C(=O)CS2. The summed E-state index contributed by atoms with van der Waals surface area (Å²) in [5, 5.41) is 2.90. The molecule has 4 rings (SSSR count). The van der Waals surface area contributed by atoms with Gasteiger partial charge in [0, 0.05) is 22.6 Å². The Morgan fingerprint density at radius 3 is 2.59 bits per heavy atom. The molecule has 3 aromatic carbocycles. The molecule has 0 fully saturated rings. The van der Waals surface area contributed by atoms with Crippen molar-refractivity contribution in [2.75, 3.05) is 10.7 Å². The predicted octanol–water partition coefficient (Wildman–Crippen LogP) is 4.39. The number of hydrogen-bond acceptors (Lipinski definition) is 3. The zero-order chi connectivity index (χ0) is 20.2. The summed E-state index contributed by atoms with van der Waals surface area (Å²) in [5.74, 6) is -0.379. The number of fused-ring (bicyclic) bond motifs is 1. The summed E-state index contributed by atoms with van der Waals surface area (Å²) in [7, 11) is 0. The molecule has 4 nitrogen and oxygen atoms in total. The molecule has 0 aliphatic carbocycles. The smallest absolute Gasteiger partial charge is 0.251 e. The number of hydrogen-bond donors (Lipinski definition) is 1. The van der Waals surface area contributed by atoms with E-state index in [-0.39, 0.29) is 24.2 Å². The molecule has 0 spiro atoms. The normalized spacial score (nSPS) is 13.1. The molecule has 0 aromatic heterocycles. The lowest BCUT2D eigenvalue weighted by atomic mass is 10.1. The van der Waals surface area contributed by atoms with Crippen LogP contribution in [0.4, 0.5) is 10.1 Å². The molecule has 29 heavy (non-hydrogen) atoms. The Kier molecular flexibility index (Phi) is 5.62. The van der Waals surface area contributed by atoms with Crippen molar-refractivity contribution in [2.24, 2.45) is 0 Å². The fraction of sp³-hybridized carbons (Fsp3) is 0.130. The van der Waals surface area contributed by atoms with E-state index >= 15 is 0 Å². The fourth-order valence-corrected chi connectivity index (χ4v) is 4.11. The van der Waals surface area contributed by atoms with Crippen molar-refractivity contribution in [3.05, 3.63) is 95.3 Å². The second-order valence-corrected chi connectivity index (χ2v) is 7.73. The minimum atomic E-state index is -0.350. The van der Waals surface area contributed by atoms with Crippen molar-refractivity contribution in [1.29, 1.82) is 0 Å². The van der Waals surface area contributed by atoms with Crippen molar-refractivity contribution in [3.8, 4) is 0 Å². The lowest BCUT2D eigenvalue weighted by molar-refractivity contribution is -0.116. The van der Waals surface area contributed by atoms with Crippen LogP contribution in [0.2, 0.25) is 0 Å². The van der Waals surface area contributed by atoms with Gasteiger partial charge in [-0.3, -0.25) is 9.59 Å². The Bertz CT molecular complexity index is 1060. The third kappa shape index (κ3) is 4.32. The van der Waals surface area contributed by atoms with Gasteiger partial charge in [0.1, 0.15) is 5.82 Å². The summed E-state index contributed by atoms with van der Waals surface area (Å²) in [6.07, 6.45) is 0. The molecule has 1 aliphatic rings. The monoisotopic (exact) mass is 406 g/mol. The largest absolute Gasteiger partial charge is 0.348 e. The van der Waals surface area contributed by atoms with E-state index in [2.05, 4.69) is 5.32 Å². The minimum Gasteiger partial charge on any atom is -0.348 e. The number of nitrogens with one attached hydrogen (secondary N) is 1. The zero-order valence-corrected chi connectivity index (χ0v) is 16.4. The highest BCUT2D eigenvalue weighted by Gasteiger charge is 2.26. The topological polar surface area (TPSA) is 49.4 Å². The van der Waals surface area contributed by atoms with Gasteiger partial charge in [-0.2, -0.15) is 0 Å². The van der Waals surface area contributed by atoms with Gasteiger partial charge < -0.3 is 10.2 Å². The van der Waals surface area contributed by atoms with E-state index in [1.54, 1.807) is 35.2 Å². The molecule has 1 N–H and O–H groups in total. The lowest BCUT2D eigenvalue weighted by Gasteiger charge is -2.29. The summed E-state index contributed by atoms with van der Waals surface area (Å²) in [6.45, 7) is 0.553. The average Bonchev–Trinajstić information content (AvgIpc) is 2.75. The van der Waals surface area contributed by atoms with Gasteiger partial charge >= 0.3 is 0 Å². The number of rotatable bonds is 5. The van der Waals surface area contributed by atoms with Crippen LogP contribution in [-0.4, -0.2) is 17.6 Å². The number of amides is 2. The molecule has 1 aliphatic heterocycles. The van der Waals surface area contributed by atoms with E-state index in [0.29, 0.717) is 29.1 Å². The Morgan fingerprint density at radius 1 is 1.03 bits per heavy atom. The summed E-state index contributed by atoms with van der Waals surface area (Å²) < 4.78 is 14.1. The van der Waals surface area contributed by atoms with E-state index in [1.165, 1.54) is 17.8 Å². The van der Waals surface area contributed by atoms with Crippen molar-refractivity contribution in [2.45, 2.75) is 18.0 Å². The molecule has 6 heteroatoms. The van der Waals surface area contributed by atoms with Gasteiger partial charge in [0.2, 0.25) is 5.91 Å². The third-order valence-electron chi connectivity index (χ3n) is 4.75. The minimum absolute atomic E-state index is 0.104. The van der Waals surface area contributed by atoms with Crippen molar-refractivity contribution < 1.29 is 14.0 Å². The second-order valence-electron chi connectivity index (χ2n) is 6.71. The standard InChI is InChI=1S/C23H19FN2O2S/c24-19-9-5-4-8-18(19)14-26-20-12-17(10-11-21(20)29-15-22(26)27)23(28)25-13-16-6-2-1-3-7-16/h1-12H,13-15H2,(H,25,28). The molecule has 0 bridgehead atoms. The highest BCUT2D eigenvalue weighted by Crippen LogP contribution is 2.37. The maximum Gasteiger partial charge on any atom is 0.251 e. The molecular formula is C23H19FN2O2S. The van der Waals surface area contributed by atoms with Crippen LogP contribution in [0.3, 0.4) is 0 Å². The third-order valence-corrected chi connectivity index (χ3v) is 5.79. The first-order valence-electron chi connectivity index (χ1n) is 9.24. The Balaban J connectivity index is 1.57. The van der Waals surface area contributed by atoms with E-state index in [1.807, 2.05) is 36.4 Å². The van der Waals surface area contributed by atoms with Crippen LogP contribution in [0.25, 0.3) is 0 Å². The first-order chi connectivity index (χ1) is 14.1. The molecule has 2 amide bonds. The molecule has 146 valence electrons. The number of carbonyl (C=O) groups excluding carboxylic acids is 2. The van der Waals surface area contributed by atoms with Gasteiger partial charge in [0.05, 0.1) is 18.0 Å². The Hall–Kier alpha value is -3.12.